The van der Waals surface area contributed by atoms with Gasteiger partial charge in [-0.2, -0.15) is 0 Å². The SMILES string of the molecule is COC(=O)CCCCCCCC/C=N/O. The van der Waals surface area contributed by atoms with Crippen molar-refractivity contribution in [2.75, 3.05) is 7.11 Å². The third-order valence-corrected chi connectivity index (χ3v) is 2.27. The van der Waals surface area contributed by atoms with Gasteiger partial charge in [-0.15, -0.1) is 5.16 Å². The normalized spacial score (nSPS) is 10.7. The second-order valence-electron chi connectivity index (χ2n) is 3.53. The summed E-state index contributed by atoms with van der Waals surface area (Å²) >= 11 is 0. The van der Waals surface area contributed by atoms with Gasteiger partial charge in [-0.05, 0) is 19.3 Å². The summed E-state index contributed by atoms with van der Waals surface area (Å²) in [7, 11) is 1.42. The van der Waals surface area contributed by atoms with Gasteiger partial charge < -0.3 is 9.94 Å². The van der Waals surface area contributed by atoms with E-state index in [0.29, 0.717) is 6.42 Å². The van der Waals surface area contributed by atoms with Gasteiger partial charge in [0.2, 0.25) is 0 Å². The van der Waals surface area contributed by atoms with Gasteiger partial charge in [-0.25, -0.2) is 0 Å². The molecular weight excluding hydrogens is 194 g/mol. The molecule has 0 radical (unpaired) electrons. The topological polar surface area (TPSA) is 58.9 Å². The van der Waals surface area contributed by atoms with Crippen molar-refractivity contribution in [3.8, 4) is 0 Å². The molecule has 4 heteroatoms. The number of esters is 1. The van der Waals surface area contributed by atoms with Crippen molar-refractivity contribution in [2.24, 2.45) is 5.16 Å². The van der Waals surface area contributed by atoms with Crippen molar-refractivity contribution < 1.29 is 14.7 Å². The van der Waals surface area contributed by atoms with Crippen molar-refractivity contribution in [2.45, 2.75) is 51.4 Å². The van der Waals surface area contributed by atoms with E-state index in [1.807, 2.05) is 0 Å². The fourth-order valence-electron chi connectivity index (χ4n) is 1.37. The number of oxime groups is 1. The van der Waals surface area contributed by atoms with Crippen molar-refractivity contribution in [3.05, 3.63) is 0 Å². The molecule has 0 bridgehead atoms. The first-order chi connectivity index (χ1) is 7.31. The van der Waals surface area contributed by atoms with Crippen molar-refractivity contribution >= 4 is 12.2 Å². The number of hydrogen-bond acceptors (Lipinski definition) is 4. The third kappa shape index (κ3) is 10.9. The number of hydrogen-bond donors (Lipinski definition) is 1. The largest absolute Gasteiger partial charge is 0.469 e. The number of nitrogens with zero attached hydrogens (tertiary/aromatic N) is 1. The van der Waals surface area contributed by atoms with Crippen molar-refractivity contribution in [3.63, 3.8) is 0 Å². The molecular formula is C11H21NO3. The summed E-state index contributed by atoms with van der Waals surface area (Å²) in [6, 6.07) is 0. The minimum atomic E-state index is -0.117. The quantitative estimate of drug-likeness (QED) is 0.211. The molecule has 4 nitrogen and oxygen atoms in total. The molecule has 15 heavy (non-hydrogen) atoms. The Bertz CT molecular complexity index is 181. The molecule has 0 atom stereocenters. The van der Waals surface area contributed by atoms with E-state index in [0.717, 1.165) is 38.5 Å². The molecule has 0 spiro atoms. The third-order valence-electron chi connectivity index (χ3n) is 2.27. The molecule has 0 aliphatic carbocycles. The Kier molecular flexibility index (Phi) is 10.2. The van der Waals surface area contributed by atoms with Crippen LogP contribution in [0.5, 0.6) is 0 Å². The summed E-state index contributed by atoms with van der Waals surface area (Å²) in [5, 5.41) is 11.1. The maximum absolute atomic E-state index is 10.8. The van der Waals surface area contributed by atoms with Crippen LogP contribution in [0.15, 0.2) is 5.16 Å². The molecule has 0 unspecified atom stereocenters. The summed E-state index contributed by atoms with van der Waals surface area (Å²) in [5.74, 6) is -0.117. The lowest BCUT2D eigenvalue weighted by Crippen LogP contribution is -1.99. The zero-order chi connectivity index (χ0) is 11.4. The van der Waals surface area contributed by atoms with Gasteiger partial charge >= 0.3 is 5.97 Å². The minimum Gasteiger partial charge on any atom is -0.469 e. The Balaban J connectivity index is 3.02. The van der Waals surface area contributed by atoms with E-state index in [2.05, 4.69) is 9.89 Å². The van der Waals surface area contributed by atoms with Crippen LogP contribution in [0.1, 0.15) is 51.4 Å². The molecule has 0 heterocycles. The first kappa shape index (κ1) is 13.9. The Hall–Kier alpha value is -1.06. The summed E-state index contributed by atoms with van der Waals surface area (Å²) in [6.45, 7) is 0. The minimum absolute atomic E-state index is 0.117. The van der Waals surface area contributed by atoms with Gasteiger partial charge in [0.15, 0.2) is 0 Å². The standard InChI is InChI=1S/C11H21NO3/c1-15-11(13)9-7-5-3-2-4-6-8-10-12-14/h10,14H,2-9H2,1H3/b12-10+. The summed E-state index contributed by atoms with van der Waals surface area (Å²) < 4.78 is 4.55. The van der Waals surface area contributed by atoms with Crippen LogP contribution in [0, 0.1) is 0 Å². The molecule has 0 saturated carbocycles. The van der Waals surface area contributed by atoms with Gasteiger partial charge in [0.05, 0.1) is 7.11 Å². The van der Waals surface area contributed by atoms with Crippen LogP contribution in [0.4, 0.5) is 0 Å². The van der Waals surface area contributed by atoms with Gasteiger partial charge in [-0.3, -0.25) is 4.79 Å². The Morgan fingerprint density at radius 2 is 1.80 bits per heavy atom. The highest BCUT2D eigenvalue weighted by molar-refractivity contribution is 5.68. The number of rotatable bonds is 9. The lowest BCUT2D eigenvalue weighted by Gasteiger charge is -2.00. The highest BCUT2D eigenvalue weighted by atomic mass is 16.5. The fourth-order valence-corrected chi connectivity index (χ4v) is 1.37. The van der Waals surface area contributed by atoms with Crippen LogP contribution >= 0.6 is 0 Å². The van der Waals surface area contributed by atoms with Gasteiger partial charge in [-0.1, -0.05) is 25.7 Å². The predicted molar refractivity (Wildman–Crippen MR) is 59.2 cm³/mol. The Morgan fingerprint density at radius 3 is 2.40 bits per heavy atom. The van der Waals surface area contributed by atoms with Crippen molar-refractivity contribution in [1.82, 2.24) is 0 Å². The van der Waals surface area contributed by atoms with Crippen LogP contribution in [-0.2, 0) is 9.53 Å². The van der Waals surface area contributed by atoms with E-state index >= 15 is 0 Å². The number of carbonyl (C=O) groups excluding carboxylic acids is 1. The van der Waals surface area contributed by atoms with Crippen LogP contribution in [-0.4, -0.2) is 24.5 Å². The van der Waals surface area contributed by atoms with E-state index in [9.17, 15) is 4.79 Å². The number of methoxy groups -OCH3 is 1. The molecule has 0 aromatic rings. The Morgan fingerprint density at radius 1 is 1.20 bits per heavy atom. The van der Waals surface area contributed by atoms with E-state index < -0.39 is 0 Å². The van der Waals surface area contributed by atoms with Crippen LogP contribution in [0.3, 0.4) is 0 Å². The summed E-state index contributed by atoms with van der Waals surface area (Å²) in [4.78, 5) is 10.8. The molecule has 0 amide bonds. The molecule has 0 saturated heterocycles. The van der Waals surface area contributed by atoms with E-state index in [-0.39, 0.29) is 5.97 Å². The first-order valence-corrected chi connectivity index (χ1v) is 5.54. The lowest BCUT2D eigenvalue weighted by molar-refractivity contribution is -0.140. The van der Waals surface area contributed by atoms with Gasteiger partial charge in [0.25, 0.3) is 0 Å². The highest BCUT2D eigenvalue weighted by Gasteiger charge is 1.98. The fraction of sp³-hybridized carbons (Fsp3) is 0.818. The molecule has 0 aliphatic rings. The smallest absolute Gasteiger partial charge is 0.305 e. The average Bonchev–Trinajstić information content (AvgIpc) is 2.26. The second kappa shape index (κ2) is 11.0. The average molecular weight is 215 g/mol. The van der Waals surface area contributed by atoms with E-state index in [1.165, 1.54) is 19.7 Å². The second-order valence-corrected chi connectivity index (χ2v) is 3.53. The zero-order valence-electron chi connectivity index (χ0n) is 9.45. The van der Waals surface area contributed by atoms with Crippen molar-refractivity contribution in [1.29, 1.82) is 0 Å². The van der Waals surface area contributed by atoms with Crippen LogP contribution in [0.2, 0.25) is 0 Å². The summed E-state index contributed by atoms with van der Waals surface area (Å²) in [6.07, 6.45) is 9.48. The van der Waals surface area contributed by atoms with Gasteiger partial charge in [0.1, 0.15) is 0 Å². The van der Waals surface area contributed by atoms with E-state index in [1.54, 1.807) is 0 Å². The Labute approximate surface area is 91.3 Å². The zero-order valence-corrected chi connectivity index (χ0v) is 9.45. The molecule has 88 valence electrons. The highest BCUT2D eigenvalue weighted by Crippen LogP contribution is 2.08. The predicted octanol–water partition coefficient (Wildman–Crippen LogP) is 2.74. The monoisotopic (exact) mass is 215 g/mol. The van der Waals surface area contributed by atoms with Crippen LogP contribution in [0.25, 0.3) is 0 Å². The number of unbranched alkanes of at least 4 members (excludes halogenated alkanes) is 6. The molecule has 0 aromatic carbocycles. The molecule has 1 N–H and O–H groups in total. The number of carbonyl (C=O) groups is 1. The molecule has 0 rings (SSSR count). The first-order valence-electron chi connectivity index (χ1n) is 5.54. The maximum atomic E-state index is 10.8. The number of ether oxygens (including phenoxy) is 1. The molecule has 0 aromatic heterocycles. The maximum Gasteiger partial charge on any atom is 0.305 e. The van der Waals surface area contributed by atoms with E-state index in [4.69, 9.17) is 5.21 Å². The lowest BCUT2D eigenvalue weighted by atomic mass is 10.1. The van der Waals surface area contributed by atoms with Gasteiger partial charge in [0, 0.05) is 12.6 Å². The summed E-state index contributed by atoms with van der Waals surface area (Å²) in [5.41, 5.74) is 0. The molecule has 0 fully saturated rings. The molecule has 0 aliphatic heterocycles. The van der Waals surface area contributed by atoms with Crippen LogP contribution < -0.4 is 0 Å².